The van der Waals surface area contributed by atoms with E-state index in [2.05, 4.69) is 38.5 Å². The van der Waals surface area contributed by atoms with Gasteiger partial charge in [0.2, 0.25) is 5.91 Å². The molecule has 1 atom stereocenters. The maximum atomic E-state index is 11.1. The Morgan fingerprint density at radius 3 is 2.75 bits per heavy atom. The first-order valence-electron chi connectivity index (χ1n) is 6.30. The van der Waals surface area contributed by atoms with Crippen LogP contribution < -0.4 is 10.6 Å². The van der Waals surface area contributed by atoms with Crippen LogP contribution in [0.4, 0.5) is 11.5 Å². The number of rotatable bonds is 4. The number of pyridine rings is 1. The molecule has 20 heavy (non-hydrogen) atoms. The molecule has 5 heteroatoms. The third kappa shape index (κ3) is 4.06. The first-order valence-corrected chi connectivity index (χ1v) is 7.09. The van der Waals surface area contributed by atoms with Crippen molar-refractivity contribution in [3.63, 3.8) is 0 Å². The molecule has 1 aromatic carbocycles. The highest BCUT2D eigenvalue weighted by atomic mass is 79.9. The predicted octanol–water partition coefficient (Wildman–Crippen LogP) is 3.98. The number of hydrogen-bond donors (Lipinski definition) is 2. The molecule has 0 aliphatic carbocycles. The zero-order chi connectivity index (χ0) is 14.5. The van der Waals surface area contributed by atoms with Gasteiger partial charge in [0.25, 0.3) is 0 Å². The molecule has 1 amide bonds. The Hall–Kier alpha value is -1.88. The lowest BCUT2D eigenvalue weighted by molar-refractivity contribution is -0.114. The fourth-order valence-corrected chi connectivity index (χ4v) is 2.09. The molecule has 2 aromatic rings. The van der Waals surface area contributed by atoms with Crippen LogP contribution >= 0.6 is 15.9 Å². The smallest absolute Gasteiger partial charge is 0.221 e. The summed E-state index contributed by atoms with van der Waals surface area (Å²) in [5.74, 6) is 0.739. The number of hydrogen-bond acceptors (Lipinski definition) is 3. The number of halogens is 1. The first kappa shape index (κ1) is 14.5. The summed E-state index contributed by atoms with van der Waals surface area (Å²) in [6.45, 7) is 3.55. The van der Waals surface area contributed by atoms with E-state index in [1.54, 1.807) is 6.20 Å². The zero-order valence-electron chi connectivity index (χ0n) is 11.4. The predicted molar refractivity (Wildman–Crippen MR) is 84.7 cm³/mol. The quantitative estimate of drug-likeness (QED) is 0.889. The van der Waals surface area contributed by atoms with Crippen LogP contribution in [0.3, 0.4) is 0 Å². The average Bonchev–Trinajstić information content (AvgIpc) is 2.41. The van der Waals surface area contributed by atoms with Crippen LogP contribution in [0.1, 0.15) is 25.5 Å². The van der Waals surface area contributed by atoms with Crippen LogP contribution in [0.15, 0.2) is 47.1 Å². The van der Waals surface area contributed by atoms with E-state index >= 15 is 0 Å². The van der Waals surface area contributed by atoms with Crippen LogP contribution in [0.25, 0.3) is 0 Å². The molecule has 1 unspecified atom stereocenters. The van der Waals surface area contributed by atoms with Gasteiger partial charge in [0, 0.05) is 23.3 Å². The minimum absolute atomic E-state index is 0.0719. The maximum Gasteiger partial charge on any atom is 0.221 e. The Labute approximate surface area is 126 Å². The van der Waals surface area contributed by atoms with E-state index < -0.39 is 0 Å². The van der Waals surface area contributed by atoms with Gasteiger partial charge in [-0.3, -0.25) is 4.79 Å². The van der Waals surface area contributed by atoms with Gasteiger partial charge < -0.3 is 10.6 Å². The summed E-state index contributed by atoms with van der Waals surface area (Å²) in [7, 11) is 0. The molecule has 0 radical (unpaired) electrons. The van der Waals surface area contributed by atoms with Gasteiger partial charge in [0.15, 0.2) is 0 Å². The average molecular weight is 334 g/mol. The number of anilines is 2. The molecular formula is C15H16BrN3O. The third-order valence-corrected chi connectivity index (χ3v) is 3.27. The van der Waals surface area contributed by atoms with Crippen molar-refractivity contribution in [3.8, 4) is 0 Å². The molecule has 0 aliphatic rings. The summed E-state index contributed by atoms with van der Waals surface area (Å²) in [5.41, 5.74) is 1.88. The number of aromatic nitrogens is 1. The Balaban J connectivity index is 2.10. The van der Waals surface area contributed by atoms with Crippen LogP contribution in [0.5, 0.6) is 0 Å². The van der Waals surface area contributed by atoms with Crippen LogP contribution in [-0.2, 0) is 4.79 Å². The number of benzene rings is 1. The van der Waals surface area contributed by atoms with Crippen molar-refractivity contribution in [2.24, 2.45) is 0 Å². The fraction of sp³-hybridized carbons (Fsp3) is 0.200. The molecule has 0 bridgehead atoms. The Morgan fingerprint density at radius 2 is 2.10 bits per heavy atom. The zero-order valence-corrected chi connectivity index (χ0v) is 12.9. The van der Waals surface area contributed by atoms with E-state index in [0.717, 1.165) is 21.5 Å². The van der Waals surface area contributed by atoms with E-state index in [9.17, 15) is 4.79 Å². The lowest BCUT2D eigenvalue weighted by atomic mass is 10.1. The highest BCUT2D eigenvalue weighted by molar-refractivity contribution is 9.10. The van der Waals surface area contributed by atoms with Gasteiger partial charge in [0.1, 0.15) is 5.82 Å². The fourth-order valence-electron chi connectivity index (χ4n) is 1.86. The van der Waals surface area contributed by atoms with Crippen molar-refractivity contribution >= 4 is 33.3 Å². The number of nitrogens with zero attached hydrogens (tertiary/aromatic N) is 1. The van der Waals surface area contributed by atoms with Crippen molar-refractivity contribution in [3.05, 3.63) is 52.6 Å². The van der Waals surface area contributed by atoms with Crippen molar-refractivity contribution in [1.82, 2.24) is 4.98 Å². The highest BCUT2D eigenvalue weighted by Gasteiger charge is 2.07. The van der Waals surface area contributed by atoms with Crippen LogP contribution in [-0.4, -0.2) is 10.9 Å². The molecule has 0 fully saturated rings. The van der Waals surface area contributed by atoms with E-state index in [4.69, 9.17) is 0 Å². The van der Waals surface area contributed by atoms with Gasteiger partial charge in [-0.05, 0) is 52.7 Å². The standard InChI is InChI=1S/C15H16BrN3O/c1-10(18-15-7-6-13(16)9-17-15)12-4-3-5-14(8-12)19-11(2)20/h3-10H,1-2H3,(H,17,18)(H,19,20). The molecular weight excluding hydrogens is 318 g/mol. The van der Waals surface area contributed by atoms with Crippen LogP contribution in [0.2, 0.25) is 0 Å². The molecule has 0 saturated carbocycles. The summed E-state index contributed by atoms with van der Waals surface area (Å²) in [4.78, 5) is 15.4. The third-order valence-electron chi connectivity index (χ3n) is 2.80. The number of amides is 1. The topological polar surface area (TPSA) is 54.0 Å². The van der Waals surface area contributed by atoms with Gasteiger partial charge in [0.05, 0.1) is 6.04 Å². The molecule has 2 rings (SSSR count). The summed E-state index contributed by atoms with van der Waals surface area (Å²) >= 11 is 3.36. The second-order valence-corrected chi connectivity index (χ2v) is 5.45. The number of carbonyl (C=O) groups is 1. The van der Waals surface area contributed by atoms with E-state index in [-0.39, 0.29) is 11.9 Å². The molecule has 4 nitrogen and oxygen atoms in total. The van der Waals surface area contributed by atoms with Gasteiger partial charge >= 0.3 is 0 Å². The molecule has 0 aliphatic heterocycles. The van der Waals surface area contributed by atoms with E-state index in [1.807, 2.05) is 36.4 Å². The number of nitrogens with one attached hydrogen (secondary N) is 2. The van der Waals surface area contributed by atoms with E-state index in [0.29, 0.717) is 0 Å². The monoisotopic (exact) mass is 333 g/mol. The van der Waals surface area contributed by atoms with Crippen molar-refractivity contribution in [2.45, 2.75) is 19.9 Å². The van der Waals surface area contributed by atoms with Crippen molar-refractivity contribution in [1.29, 1.82) is 0 Å². The Morgan fingerprint density at radius 1 is 1.30 bits per heavy atom. The minimum Gasteiger partial charge on any atom is -0.364 e. The van der Waals surface area contributed by atoms with Gasteiger partial charge in [-0.25, -0.2) is 4.98 Å². The molecule has 0 spiro atoms. The highest BCUT2D eigenvalue weighted by Crippen LogP contribution is 2.21. The van der Waals surface area contributed by atoms with E-state index in [1.165, 1.54) is 6.92 Å². The SMILES string of the molecule is CC(=O)Nc1cccc(C(C)Nc2ccc(Br)cn2)c1. The summed E-state index contributed by atoms with van der Waals surface area (Å²) in [5, 5.41) is 6.10. The summed E-state index contributed by atoms with van der Waals surface area (Å²) in [6, 6.07) is 11.7. The van der Waals surface area contributed by atoms with Gasteiger partial charge in [-0.15, -0.1) is 0 Å². The number of carbonyl (C=O) groups excluding carboxylic acids is 1. The lowest BCUT2D eigenvalue weighted by Crippen LogP contribution is -2.10. The summed E-state index contributed by atoms with van der Waals surface area (Å²) < 4.78 is 0.948. The Bertz CT molecular complexity index is 598. The second kappa shape index (κ2) is 6.52. The van der Waals surface area contributed by atoms with Crippen LogP contribution in [0, 0.1) is 0 Å². The van der Waals surface area contributed by atoms with Gasteiger partial charge in [-0.2, -0.15) is 0 Å². The largest absolute Gasteiger partial charge is 0.364 e. The normalized spacial score (nSPS) is 11.8. The van der Waals surface area contributed by atoms with Crippen molar-refractivity contribution in [2.75, 3.05) is 10.6 Å². The maximum absolute atomic E-state index is 11.1. The van der Waals surface area contributed by atoms with Crippen molar-refractivity contribution < 1.29 is 4.79 Å². The molecule has 0 saturated heterocycles. The summed E-state index contributed by atoms with van der Waals surface area (Å²) in [6.07, 6.45) is 1.75. The molecule has 1 aromatic heterocycles. The molecule has 1 heterocycles. The second-order valence-electron chi connectivity index (χ2n) is 4.53. The molecule has 104 valence electrons. The minimum atomic E-state index is -0.0719. The molecule has 2 N–H and O–H groups in total. The Kier molecular flexibility index (Phi) is 4.74. The lowest BCUT2D eigenvalue weighted by Gasteiger charge is -2.16. The first-order chi connectivity index (χ1) is 9.54. The van der Waals surface area contributed by atoms with Gasteiger partial charge in [-0.1, -0.05) is 12.1 Å².